The van der Waals surface area contributed by atoms with E-state index in [4.69, 9.17) is 10.3 Å². The van der Waals surface area contributed by atoms with E-state index in [1.54, 1.807) is 11.0 Å². The van der Waals surface area contributed by atoms with Gasteiger partial charge in [0.2, 0.25) is 5.89 Å². The minimum Gasteiger partial charge on any atom is -0.337 e. The Labute approximate surface area is 86.3 Å². The van der Waals surface area contributed by atoms with Crippen molar-refractivity contribution in [1.29, 1.82) is 0 Å². The summed E-state index contributed by atoms with van der Waals surface area (Å²) < 4.78 is 6.63. The molecular formula is C8H12N6O. The van der Waals surface area contributed by atoms with Gasteiger partial charge in [-0.15, -0.1) is 0 Å². The van der Waals surface area contributed by atoms with Gasteiger partial charge in [0.15, 0.2) is 5.82 Å². The maximum absolute atomic E-state index is 5.82. The van der Waals surface area contributed by atoms with Gasteiger partial charge in [-0.3, -0.25) is 0 Å². The summed E-state index contributed by atoms with van der Waals surface area (Å²) in [6.07, 6.45) is 3.03. The van der Waals surface area contributed by atoms with Gasteiger partial charge in [0.1, 0.15) is 19.2 Å². The number of hydrogen-bond acceptors (Lipinski definition) is 6. The second-order valence-electron chi connectivity index (χ2n) is 3.83. The highest BCUT2D eigenvalue weighted by molar-refractivity contribution is 4.98. The first kappa shape index (κ1) is 9.78. The Morgan fingerprint density at radius 2 is 2.33 bits per heavy atom. The average molecular weight is 208 g/mol. The van der Waals surface area contributed by atoms with Crippen molar-refractivity contribution in [3.8, 4) is 0 Å². The van der Waals surface area contributed by atoms with Gasteiger partial charge in [-0.05, 0) is 13.8 Å². The molecule has 2 aromatic heterocycles. The van der Waals surface area contributed by atoms with Crippen LogP contribution in [0, 0.1) is 0 Å². The molecule has 2 rings (SSSR count). The molecule has 0 atom stereocenters. The fraction of sp³-hybridized carbons (Fsp3) is 0.500. The molecule has 0 saturated carbocycles. The Morgan fingerprint density at radius 1 is 1.53 bits per heavy atom. The molecule has 0 saturated heterocycles. The van der Waals surface area contributed by atoms with Crippen LogP contribution in [0.3, 0.4) is 0 Å². The summed E-state index contributed by atoms with van der Waals surface area (Å²) in [6.45, 7) is 4.04. The third-order valence-corrected chi connectivity index (χ3v) is 1.81. The Balaban J connectivity index is 2.15. The second kappa shape index (κ2) is 3.43. The molecule has 0 aliphatic carbocycles. The van der Waals surface area contributed by atoms with Gasteiger partial charge in [0.05, 0.1) is 5.54 Å². The predicted octanol–water partition coefficient (Wildman–Crippen LogP) is -0.0968. The summed E-state index contributed by atoms with van der Waals surface area (Å²) in [7, 11) is 0. The lowest BCUT2D eigenvalue weighted by Crippen LogP contribution is -2.30. The van der Waals surface area contributed by atoms with Gasteiger partial charge in [0.25, 0.3) is 0 Å². The van der Waals surface area contributed by atoms with Crippen molar-refractivity contribution in [3.05, 3.63) is 24.4 Å². The maximum Gasteiger partial charge on any atom is 0.248 e. The Kier molecular flexibility index (Phi) is 2.24. The first-order valence-electron chi connectivity index (χ1n) is 4.50. The molecule has 0 amide bonds. The van der Waals surface area contributed by atoms with E-state index in [0.29, 0.717) is 18.3 Å². The molecule has 0 radical (unpaired) electrons. The molecule has 2 aromatic rings. The lowest BCUT2D eigenvalue weighted by Gasteiger charge is -2.11. The van der Waals surface area contributed by atoms with Gasteiger partial charge in [-0.25, -0.2) is 9.67 Å². The van der Waals surface area contributed by atoms with Gasteiger partial charge in [-0.1, -0.05) is 5.16 Å². The molecule has 0 bridgehead atoms. The van der Waals surface area contributed by atoms with E-state index in [2.05, 4.69) is 20.2 Å². The van der Waals surface area contributed by atoms with Crippen LogP contribution in [0.4, 0.5) is 0 Å². The molecule has 15 heavy (non-hydrogen) atoms. The average Bonchev–Trinajstić information content (AvgIpc) is 2.73. The molecule has 7 nitrogen and oxygen atoms in total. The summed E-state index contributed by atoms with van der Waals surface area (Å²) in [6, 6.07) is 0. The summed E-state index contributed by atoms with van der Waals surface area (Å²) in [5.41, 5.74) is 5.23. The highest BCUT2D eigenvalue weighted by Crippen LogP contribution is 2.12. The zero-order valence-corrected chi connectivity index (χ0v) is 8.58. The molecule has 0 aromatic carbocycles. The van der Waals surface area contributed by atoms with Gasteiger partial charge >= 0.3 is 0 Å². The molecular weight excluding hydrogens is 196 g/mol. The first-order chi connectivity index (χ1) is 7.05. The number of nitrogens with two attached hydrogens (primary N) is 1. The van der Waals surface area contributed by atoms with Crippen LogP contribution in [0.1, 0.15) is 25.6 Å². The molecule has 0 aliphatic rings. The molecule has 7 heteroatoms. The van der Waals surface area contributed by atoms with E-state index in [0.717, 1.165) is 0 Å². The topological polar surface area (TPSA) is 95.7 Å². The summed E-state index contributed by atoms with van der Waals surface area (Å²) >= 11 is 0. The van der Waals surface area contributed by atoms with E-state index in [9.17, 15) is 0 Å². The summed E-state index contributed by atoms with van der Waals surface area (Å²) in [4.78, 5) is 7.98. The number of nitrogens with zero attached hydrogens (tertiary/aromatic N) is 5. The molecule has 0 unspecified atom stereocenters. The number of rotatable bonds is 3. The zero-order valence-electron chi connectivity index (χ0n) is 8.58. The van der Waals surface area contributed by atoms with Crippen LogP contribution in [-0.4, -0.2) is 24.9 Å². The fourth-order valence-corrected chi connectivity index (χ4v) is 1.03. The van der Waals surface area contributed by atoms with Crippen LogP contribution in [0.15, 0.2) is 17.2 Å². The molecule has 80 valence electrons. The fourth-order valence-electron chi connectivity index (χ4n) is 1.03. The SMILES string of the molecule is CC(C)(N)c1noc(Cn2cncn2)n1. The smallest absolute Gasteiger partial charge is 0.248 e. The van der Waals surface area contributed by atoms with E-state index >= 15 is 0 Å². The maximum atomic E-state index is 5.82. The van der Waals surface area contributed by atoms with Gasteiger partial charge < -0.3 is 10.3 Å². The van der Waals surface area contributed by atoms with Crippen molar-refractivity contribution in [3.63, 3.8) is 0 Å². The van der Waals surface area contributed by atoms with E-state index < -0.39 is 5.54 Å². The second-order valence-corrected chi connectivity index (χ2v) is 3.83. The van der Waals surface area contributed by atoms with Crippen LogP contribution in [-0.2, 0) is 12.1 Å². The normalized spacial score (nSPS) is 11.9. The standard InChI is InChI=1S/C8H12N6O/c1-8(2,9)7-12-6(15-13-7)3-14-5-10-4-11-14/h4-5H,3,9H2,1-2H3. The molecule has 2 N–H and O–H groups in total. The van der Waals surface area contributed by atoms with Crippen molar-refractivity contribution in [2.24, 2.45) is 5.73 Å². The Morgan fingerprint density at radius 3 is 2.87 bits per heavy atom. The van der Waals surface area contributed by atoms with E-state index in [1.807, 2.05) is 13.8 Å². The number of aromatic nitrogens is 5. The van der Waals surface area contributed by atoms with Gasteiger partial charge in [-0.2, -0.15) is 10.1 Å². The van der Waals surface area contributed by atoms with Crippen molar-refractivity contribution in [2.75, 3.05) is 0 Å². The molecule has 0 aliphatic heterocycles. The lowest BCUT2D eigenvalue weighted by molar-refractivity contribution is 0.351. The van der Waals surface area contributed by atoms with Crippen molar-refractivity contribution in [1.82, 2.24) is 24.9 Å². The lowest BCUT2D eigenvalue weighted by atomic mass is 10.1. The third-order valence-electron chi connectivity index (χ3n) is 1.81. The van der Waals surface area contributed by atoms with Crippen LogP contribution >= 0.6 is 0 Å². The molecule has 2 heterocycles. The van der Waals surface area contributed by atoms with E-state index in [-0.39, 0.29) is 0 Å². The quantitative estimate of drug-likeness (QED) is 0.756. The Hall–Kier alpha value is -1.76. The third kappa shape index (κ3) is 2.18. The van der Waals surface area contributed by atoms with Crippen molar-refractivity contribution in [2.45, 2.75) is 25.9 Å². The van der Waals surface area contributed by atoms with Crippen LogP contribution in [0.25, 0.3) is 0 Å². The highest BCUT2D eigenvalue weighted by Gasteiger charge is 2.21. The van der Waals surface area contributed by atoms with Crippen LogP contribution < -0.4 is 5.73 Å². The Bertz CT molecular complexity index is 426. The monoisotopic (exact) mass is 208 g/mol. The first-order valence-corrected chi connectivity index (χ1v) is 4.50. The van der Waals surface area contributed by atoms with Crippen molar-refractivity contribution < 1.29 is 4.52 Å². The number of hydrogen-bond donors (Lipinski definition) is 1. The predicted molar refractivity (Wildman–Crippen MR) is 50.6 cm³/mol. The summed E-state index contributed by atoms with van der Waals surface area (Å²) in [5.74, 6) is 0.951. The van der Waals surface area contributed by atoms with Gasteiger partial charge in [0, 0.05) is 0 Å². The largest absolute Gasteiger partial charge is 0.337 e. The minimum absolute atomic E-state index is 0.406. The molecule has 0 spiro atoms. The highest BCUT2D eigenvalue weighted by atomic mass is 16.5. The summed E-state index contributed by atoms with van der Waals surface area (Å²) in [5, 5.41) is 7.72. The minimum atomic E-state index is -0.593. The molecule has 0 fully saturated rings. The van der Waals surface area contributed by atoms with Crippen molar-refractivity contribution >= 4 is 0 Å². The van der Waals surface area contributed by atoms with E-state index in [1.165, 1.54) is 6.33 Å². The van der Waals surface area contributed by atoms with Crippen LogP contribution in [0.5, 0.6) is 0 Å². The van der Waals surface area contributed by atoms with Crippen LogP contribution in [0.2, 0.25) is 0 Å². The zero-order chi connectivity index (χ0) is 10.9.